The van der Waals surface area contributed by atoms with Crippen molar-refractivity contribution in [2.75, 3.05) is 6.61 Å². The van der Waals surface area contributed by atoms with Crippen LogP contribution < -0.4 is 0 Å². The van der Waals surface area contributed by atoms with Crippen LogP contribution in [0.25, 0.3) is 0 Å². The fraction of sp³-hybridized carbons (Fsp3) is 0.818. The van der Waals surface area contributed by atoms with Crippen molar-refractivity contribution in [3.05, 3.63) is 11.6 Å². The second kappa shape index (κ2) is 7.81. The first kappa shape index (κ1) is 15.6. The zero-order valence-corrected chi connectivity index (χ0v) is 11.1. The highest BCUT2D eigenvalue weighted by Crippen LogP contribution is 2.12. The number of allylic oxidation sites excluding steroid dienone is 1. The molecule has 0 atom stereocenters. The van der Waals surface area contributed by atoms with Crippen LogP contribution >= 0.6 is 0 Å². The SMILES string of the molecule is C/C(=C/CCOS(=O)(=O)O)CCCC(C)C. The molecule has 0 aromatic heterocycles. The van der Waals surface area contributed by atoms with E-state index in [-0.39, 0.29) is 6.61 Å². The van der Waals surface area contributed by atoms with Crippen LogP contribution in [0.3, 0.4) is 0 Å². The topological polar surface area (TPSA) is 63.6 Å². The van der Waals surface area contributed by atoms with E-state index in [0.717, 1.165) is 18.8 Å². The maximum atomic E-state index is 10.2. The van der Waals surface area contributed by atoms with E-state index in [0.29, 0.717) is 6.42 Å². The number of rotatable bonds is 8. The smallest absolute Gasteiger partial charge is 0.264 e. The van der Waals surface area contributed by atoms with Gasteiger partial charge in [0.2, 0.25) is 0 Å². The second-order valence-corrected chi connectivity index (χ2v) is 5.47. The van der Waals surface area contributed by atoms with E-state index >= 15 is 0 Å². The van der Waals surface area contributed by atoms with Crippen molar-refractivity contribution < 1.29 is 17.2 Å². The maximum absolute atomic E-state index is 10.2. The summed E-state index contributed by atoms with van der Waals surface area (Å²) >= 11 is 0. The van der Waals surface area contributed by atoms with E-state index in [1.54, 1.807) is 0 Å². The Morgan fingerprint density at radius 3 is 2.56 bits per heavy atom. The molecule has 0 amide bonds. The summed E-state index contributed by atoms with van der Waals surface area (Å²) in [5, 5.41) is 0. The molecule has 0 aliphatic rings. The lowest BCUT2D eigenvalue weighted by Crippen LogP contribution is -2.04. The molecule has 0 rings (SSSR count). The molecule has 0 saturated carbocycles. The van der Waals surface area contributed by atoms with Crippen molar-refractivity contribution in [1.29, 1.82) is 0 Å². The molecule has 0 unspecified atom stereocenters. The van der Waals surface area contributed by atoms with Gasteiger partial charge in [0.25, 0.3) is 0 Å². The van der Waals surface area contributed by atoms with Crippen molar-refractivity contribution in [3.63, 3.8) is 0 Å². The third kappa shape index (κ3) is 11.7. The molecule has 0 fully saturated rings. The first-order valence-corrected chi connectivity index (χ1v) is 6.95. The van der Waals surface area contributed by atoms with Crippen LogP contribution in [0.1, 0.15) is 46.5 Å². The Labute approximate surface area is 98.7 Å². The van der Waals surface area contributed by atoms with E-state index in [2.05, 4.69) is 18.0 Å². The Kier molecular flexibility index (Phi) is 7.62. The van der Waals surface area contributed by atoms with Gasteiger partial charge in [-0.15, -0.1) is 0 Å². The van der Waals surface area contributed by atoms with Crippen LogP contribution in [0.5, 0.6) is 0 Å². The summed E-state index contributed by atoms with van der Waals surface area (Å²) in [6.45, 7) is 6.41. The van der Waals surface area contributed by atoms with Crippen LogP contribution in [0.2, 0.25) is 0 Å². The highest BCUT2D eigenvalue weighted by Gasteiger charge is 2.02. The Hall–Kier alpha value is -0.390. The predicted molar refractivity (Wildman–Crippen MR) is 64.6 cm³/mol. The summed E-state index contributed by atoms with van der Waals surface area (Å²) in [4.78, 5) is 0. The predicted octanol–water partition coefficient (Wildman–Crippen LogP) is 2.97. The molecule has 0 aliphatic carbocycles. The fourth-order valence-corrected chi connectivity index (χ4v) is 1.66. The zero-order valence-electron chi connectivity index (χ0n) is 10.3. The number of hydrogen-bond donors (Lipinski definition) is 1. The fourth-order valence-electron chi connectivity index (χ4n) is 1.35. The molecular formula is C11H22O4S. The molecule has 0 aliphatic heterocycles. The molecule has 1 N–H and O–H groups in total. The van der Waals surface area contributed by atoms with Gasteiger partial charge in [0.05, 0.1) is 6.61 Å². The van der Waals surface area contributed by atoms with Crippen molar-refractivity contribution in [1.82, 2.24) is 0 Å². The maximum Gasteiger partial charge on any atom is 0.397 e. The zero-order chi connectivity index (χ0) is 12.6. The Bertz CT molecular complexity index is 304. The van der Waals surface area contributed by atoms with Gasteiger partial charge >= 0.3 is 10.4 Å². The molecule has 0 radical (unpaired) electrons. The van der Waals surface area contributed by atoms with Gasteiger partial charge in [-0.05, 0) is 32.1 Å². The van der Waals surface area contributed by atoms with Gasteiger partial charge in [0.1, 0.15) is 0 Å². The Morgan fingerprint density at radius 1 is 1.44 bits per heavy atom. The molecule has 0 heterocycles. The monoisotopic (exact) mass is 250 g/mol. The van der Waals surface area contributed by atoms with Gasteiger partial charge in [-0.3, -0.25) is 4.55 Å². The summed E-state index contributed by atoms with van der Waals surface area (Å²) < 4.78 is 33.0. The lowest BCUT2D eigenvalue weighted by molar-refractivity contribution is 0.273. The quantitative estimate of drug-likeness (QED) is 0.408. The van der Waals surface area contributed by atoms with E-state index in [1.165, 1.54) is 12.0 Å². The van der Waals surface area contributed by atoms with E-state index in [9.17, 15) is 8.42 Å². The van der Waals surface area contributed by atoms with E-state index in [1.807, 2.05) is 13.0 Å². The minimum absolute atomic E-state index is 0.000351. The third-order valence-corrected chi connectivity index (χ3v) is 2.66. The highest BCUT2D eigenvalue weighted by atomic mass is 32.3. The molecule has 4 nitrogen and oxygen atoms in total. The van der Waals surface area contributed by atoms with Crippen LogP contribution in [-0.4, -0.2) is 19.6 Å². The van der Waals surface area contributed by atoms with E-state index < -0.39 is 10.4 Å². The number of hydrogen-bond acceptors (Lipinski definition) is 3. The van der Waals surface area contributed by atoms with Crippen LogP contribution in [-0.2, 0) is 14.6 Å². The van der Waals surface area contributed by atoms with Crippen LogP contribution in [0.4, 0.5) is 0 Å². The van der Waals surface area contributed by atoms with Crippen molar-refractivity contribution >= 4 is 10.4 Å². The molecule has 0 spiro atoms. The molecule has 16 heavy (non-hydrogen) atoms. The molecule has 0 bridgehead atoms. The van der Waals surface area contributed by atoms with Gasteiger partial charge in [0, 0.05) is 0 Å². The third-order valence-electron chi connectivity index (χ3n) is 2.20. The Balaban J connectivity index is 3.63. The second-order valence-electron chi connectivity index (χ2n) is 4.37. The molecule has 5 heteroatoms. The molecule has 0 saturated heterocycles. The van der Waals surface area contributed by atoms with Crippen LogP contribution in [0, 0.1) is 5.92 Å². The molecule has 0 aromatic rings. The van der Waals surface area contributed by atoms with Gasteiger partial charge in [-0.1, -0.05) is 31.9 Å². The van der Waals surface area contributed by atoms with Crippen molar-refractivity contribution in [3.8, 4) is 0 Å². The average Bonchev–Trinajstić information content (AvgIpc) is 2.10. The average molecular weight is 250 g/mol. The summed E-state index contributed by atoms with van der Waals surface area (Å²) in [5.41, 5.74) is 1.24. The van der Waals surface area contributed by atoms with Gasteiger partial charge in [-0.2, -0.15) is 8.42 Å². The molecule has 96 valence electrons. The normalized spacial score (nSPS) is 13.4. The largest absolute Gasteiger partial charge is 0.397 e. The van der Waals surface area contributed by atoms with Crippen LogP contribution in [0.15, 0.2) is 11.6 Å². The van der Waals surface area contributed by atoms with Gasteiger partial charge in [0.15, 0.2) is 0 Å². The first-order chi connectivity index (χ1) is 7.31. The molecule has 0 aromatic carbocycles. The summed E-state index contributed by atoms with van der Waals surface area (Å²) in [7, 11) is -4.28. The van der Waals surface area contributed by atoms with Crippen molar-refractivity contribution in [2.24, 2.45) is 5.92 Å². The Morgan fingerprint density at radius 2 is 2.06 bits per heavy atom. The highest BCUT2D eigenvalue weighted by molar-refractivity contribution is 7.80. The lowest BCUT2D eigenvalue weighted by atomic mass is 10.0. The molecular weight excluding hydrogens is 228 g/mol. The summed E-state index contributed by atoms with van der Waals surface area (Å²) in [6.07, 6.45) is 5.84. The van der Waals surface area contributed by atoms with Crippen molar-refractivity contribution in [2.45, 2.75) is 46.5 Å². The van der Waals surface area contributed by atoms with Gasteiger partial charge in [-0.25, -0.2) is 4.18 Å². The van der Waals surface area contributed by atoms with E-state index in [4.69, 9.17) is 4.55 Å². The summed E-state index contributed by atoms with van der Waals surface area (Å²) in [6, 6.07) is 0. The first-order valence-electron chi connectivity index (χ1n) is 5.58. The summed E-state index contributed by atoms with van der Waals surface area (Å²) in [5.74, 6) is 0.718. The minimum Gasteiger partial charge on any atom is -0.264 e. The lowest BCUT2D eigenvalue weighted by Gasteiger charge is -2.04. The minimum atomic E-state index is -4.28. The van der Waals surface area contributed by atoms with Gasteiger partial charge < -0.3 is 0 Å². The standard InChI is InChI=1S/C11H22O4S/c1-10(2)6-4-7-11(3)8-5-9-15-16(12,13)14/h8,10H,4-7,9H2,1-3H3,(H,12,13,14)/b11-8-.